The Morgan fingerprint density at radius 2 is 1.62 bits per heavy atom. The van der Waals surface area contributed by atoms with E-state index in [4.69, 9.17) is 18.9 Å². The molecule has 7 heteroatoms. The van der Waals surface area contributed by atoms with E-state index in [9.17, 15) is 9.59 Å². The molecule has 1 amide bonds. The van der Waals surface area contributed by atoms with Gasteiger partial charge in [-0.3, -0.25) is 0 Å². The van der Waals surface area contributed by atoms with Gasteiger partial charge >= 0.3 is 12.1 Å². The van der Waals surface area contributed by atoms with E-state index in [0.717, 1.165) is 27.7 Å². The number of hydrogen-bond donors (Lipinski definition) is 0. The summed E-state index contributed by atoms with van der Waals surface area (Å²) in [5.74, 6) is 0.358. The van der Waals surface area contributed by atoms with Crippen molar-refractivity contribution in [3.05, 3.63) is 83.4 Å². The molecule has 0 atom stereocenters. The number of carbonyl (C=O) groups excluding carboxylic acids is 2. The minimum absolute atomic E-state index is 0.249. The third-order valence-electron chi connectivity index (χ3n) is 5.48. The average Bonchev–Trinajstić information content (AvgIpc) is 2.88. The summed E-state index contributed by atoms with van der Waals surface area (Å²) in [5.41, 5.74) is 1.54. The highest BCUT2D eigenvalue weighted by molar-refractivity contribution is 5.89. The van der Waals surface area contributed by atoms with Crippen molar-refractivity contribution in [2.45, 2.75) is 26.4 Å². The maximum Gasteiger partial charge on any atom is 0.410 e. The number of ether oxygens (including phenoxy) is 4. The minimum Gasteiger partial charge on any atom is -0.489 e. The lowest BCUT2D eigenvalue weighted by Gasteiger charge is -2.28. The van der Waals surface area contributed by atoms with Gasteiger partial charge in [0.15, 0.2) is 0 Å². The van der Waals surface area contributed by atoms with E-state index in [1.54, 1.807) is 24.1 Å². The van der Waals surface area contributed by atoms with Gasteiger partial charge in [-0.1, -0.05) is 54.6 Å². The Bertz CT molecular complexity index is 1220. The van der Waals surface area contributed by atoms with E-state index in [1.165, 1.54) is 7.11 Å². The molecule has 7 nitrogen and oxygen atoms in total. The molecule has 3 rings (SSSR count). The highest BCUT2D eigenvalue weighted by Gasteiger charge is 2.23. The fourth-order valence-corrected chi connectivity index (χ4v) is 3.70. The van der Waals surface area contributed by atoms with Crippen molar-refractivity contribution in [3.63, 3.8) is 0 Å². The van der Waals surface area contributed by atoms with Gasteiger partial charge in [0.05, 0.1) is 19.3 Å². The van der Waals surface area contributed by atoms with Crippen LogP contribution in [-0.2, 0) is 14.2 Å². The highest BCUT2D eigenvalue weighted by atomic mass is 16.6. The van der Waals surface area contributed by atoms with Crippen LogP contribution in [0, 0.1) is 0 Å². The van der Waals surface area contributed by atoms with Crippen LogP contribution in [-0.4, -0.2) is 63.1 Å². The van der Waals surface area contributed by atoms with Crippen LogP contribution in [0.15, 0.2) is 72.3 Å². The third-order valence-corrected chi connectivity index (χ3v) is 5.48. The van der Waals surface area contributed by atoms with Crippen molar-refractivity contribution in [1.82, 2.24) is 4.90 Å². The number of fused-ring (bicyclic) bond motifs is 1. The van der Waals surface area contributed by atoms with Gasteiger partial charge in [-0.05, 0) is 55.5 Å². The topological polar surface area (TPSA) is 74.3 Å². The van der Waals surface area contributed by atoms with Crippen LogP contribution < -0.4 is 4.74 Å². The first kappa shape index (κ1) is 27.7. The molecule has 0 N–H and O–H groups in total. The van der Waals surface area contributed by atoms with E-state index in [0.29, 0.717) is 18.7 Å². The maximum absolute atomic E-state index is 13.0. The van der Waals surface area contributed by atoms with E-state index in [-0.39, 0.29) is 13.2 Å². The molecule has 0 heterocycles. The second-order valence-electron chi connectivity index (χ2n) is 9.58. The molecule has 196 valence electrons. The highest BCUT2D eigenvalue weighted by Crippen LogP contribution is 2.26. The molecule has 0 aromatic heterocycles. The van der Waals surface area contributed by atoms with Crippen LogP contribution in [0.25, 0.3) is 16.8 Å². The van der Waals surface area contributed by atoms with Crippen LogP contribution in [0.3, 0.4) is 0 Å². The summed E-state index contributed by atoms with van der Waals surface area (Å²) in [5, 5.41) is 2.09. The maximum atomic E-state index is 13.0. The molecule has 3 aromatic carbocycles. The van der Waals surface area contributed by atoms with Crippen molar-refractivity contribution < 1.29 is 28.5 Å². The van der Waals surface area contributed by atoms with Crippen LogP contribution in [0.5, 0.6) is 5.75 Å². The van der Waals surface area contributed by atoms with Crippen LogP contribution in [0.4, 0.5) is 4.79 Å². The predicted molar refractivity (Wildman–Crippen MR) is 145 cm³/mol. The summed E-state index contributed by atoms with van der Waals surface area (Å²) in [4.78, 5) is 26.4. The first-order valence-corrected chi connectivity index (χ1v) is 12.2. The lowest BCUT2D eigenvalue weighted by molar-refractivity contribution is 0.0218. The SMILES string of the molecule is COCCN(CC(=Cc1ccc(C(=O)OC)cc1)COc1cccc2ccccc12)C(=O)OC(C)(C)C. The molecular formula is C30H35NO6. The molecule has 0 saturated heterocycles. The van der Waals surface area contributed by atoms with Gasteiger partial charge in [-0.2, -0.15) is 0 Å². The average molecular weight is 506 g/mol. The monoisotopic (exact) mass is 505 g/mol. The fourth-order valence-electron chi connectivity index (χ4n) is 3.70. The van der Waals surface area contributed by atoms with E-state index >= 15 is 0 Å². The molecule has 0 fully saturated rings. The Balaban J connectivity index is 1.90. The number of rotatable bonds is 10. The second-order valence-corrected chi connectivity index (χ2v) is 9.58. The van der Waals surface area contributed by atoms with Crippen molar-refractivity contribution in [2.24, 2.45) is 0 Å². The van der Waals surface area contributed by atoms with Gasteiger partial charge in [0.1, 0.15) is 18.0 Å². The standard InChI is InChI=1S/C30H35NO6/c1-30(2,3)37-29(33)31(17-18-34-4)20-23(19-22-13-15-25(16-14-22)28(32)35-5)21-36-27-12-8-10-24-9-6-7-11-26(24)27/h6-16,19H,17-18,20-21H2,1-5H3. The largest absolute Gasteiger partial charge is 0.489 e. The molecule has 0 saturated carbocycles. The summed E-state index contributed by atoms with van der Waals surface area (Å²) in [6.45, 7) is 6.76. The smallest absolute Gasteiger partial charge is 0.410 e. The van der Waals surface area contributed by atoms with Gasteiger partial charge in [-0.25, -0.2) is 9.59 Å². The Kier molecular flexibility index (Phi) is 9.69. The Hall–Kier alpha value is -3.84. The Labute approximate surface area is 218 Å². The first-order valence-electron chi connectivity index (χ1n) is 12.2. The zero-order valence-corrected chi connectivity index (χ0v) is 22.2. The summed E-state index contributed by atoms with van der Waals surface area (Å²) in [6.07, 6.45) is 1.53. The molecule has 37 heavy (non-hydrogen) atoms. The summed E-state index contributed by atoms with van der Waals surface area (Å²) < 4.78 is 21.9. The van der Waals surface area contributed by atoms with E-state index in [1.807, 2.05) is 81.4 Å². The molecule has 3 aromatic rings. The predicted octanol–water partition coefficient (Wildman–Crippen LogP) is 5.97. The number of nitrogens with zero attached hydrogens (tertiary/aromatic N) is 1. The van der Waals surface area contributed by atoms with Crippen molar-refractivity contribution in [1.29, 1.82) is 0 Å². The van der Waals surface area contributed by atoms with E-state index in [2.05, 4.69) is 0 Å². The van der Waals surface area contributed by atoms with Gasteiger partial charge in [-0.15, -0.1) is 0 Å². The van der Waals surface area contributed by atoms with Gasteiger partial charge < -0.3 is 23.8 Å². The lowest BCUT2D eigenvalue weighted by Crippen LogP contribution is -2.40. The molecule has 0 aliphatic rings. The van der Waals surface area contributed by atoms with Crippen LogP contribution in [0.2, 0.25) is 0 Å². The van der Waals surface area contributed by atoms with Gasteiger partial charge in [0.25, 0.3) is 0 Å². The molecule has 0 aliphatic carbocycles. The molecular weight excluding hydrogens is 470 g/mol. The minimum atomic E-state index is -0.630. The Morgan fingerprint density at radius 3 is 2.30 bits per heavy atom. The Morgan fingerprint density at radius 1 is 0.919 bits per heavy atom. The zero-order valence-electron chi connectivity index (χ0n) is 22.2. The van der Waals surface area contributed by atoms with Crippen molar-refractivity contribution >= 4 is 28.9 Å². The van der Waals surface area contributed by atoms with E-state index < -0.39 is 17.7 Å². The normalized spacial score (nSPS) is 11.8. The fraction of sp³-hybridized carbons (Fsp3) is 0.333. The number of carbonyl (C=O) groups is 2. The second kappa shape index (κ2) is 12.9. The summed E-state index contributed by atoms with van der Waals surface area (Å²) in [6, 6.07) is 21.0. The molecule has 0 unspecified atom stereocenters. The molecule has 0 bridgehead atoms. The zero-order chi connectivity index (χ0) is 26.8. The van der Waals surface area contributed by atoms with Crippen molar-refractivity contribution in [2.75, 3.05) is 40.5 Å². The number of benzene rings is 3. The quantitative estimate of drug-likeness (QED) is 0.316. The summed E-state index contributed by atoms with van der Waals surface area (Å²) >= 11 is 0. The number of methoxy groups -OCH3 is 2. The van der Waals surface area contributed by atoms with Gasteiger partial charge in [0, 0.05) is 25.6 Å². The number of hydrogen-bond acceptors (Lipinski definition) is 6. The summed E-state index contributed by atoms with van der Waals surface area (Å²) in [7, 11) is 2.95. The first-order chi connectivity index (χ1) is 17.7. The van der Waals surface area contributed by atoms with Crippen LogP contribution in [0.1, 0.15) is 36.7 Å². The lowest BCUT2D eigenvalue weighted by atomic mass is 10.1. The van der Waals surface area contributed by atoms with Crippen molar-refractivity contribution in [3.8, 4) is 5.75 Å². The number of amides is 1. The van der Waals surface area contributed by atoms with Crippen LogP contribution >= 0.6 is 0 Å². The molecule has 0 spiro atoms. The third kappa shape index (κ3) is 8.36. The number of esters is 1. The molecule has 0 radical (unpaired) electrons. The van der Waals surface area contributed by atoms with Gasteiger partial charge in [0.2, 0.25) is 0 Å². The molecule has 0 aliphatic heterocycles.